The molecule has 1 aliphatic carbocycles. The van der Waals surface area contributed by atoms with Crippen molar-refractivity contribution in [2.24, 2.45) is 5.92 Å². The highest BCUT2D eigenvalue weighted by Crippen LogP contribution is 2.27. The number of unbranched alkanes of at least 4 members (excludes halogenated alkanes) is 1. The molecule has 26 heavy (non-hydrogen) atoms. The number of rotatable bonds is 12. The van der Waals surface area contributed by atoms with Crippen LogP contribution in [0.4, 0.5) is 0 Å². The molecular formula is C22H37NO2S. The molecule has 1 aromatic carbocycles. The fourth-order valence-electron chi connectivity index (χ4n) is 3.57. The van der Waals surface area contributed by atoms with Crippen molar-refractivity contribution in [1.82, 2.24) is 5.32 Å². The summed E-state index contributed by atoms with van der Waals surface area (Å²) < 4.78 is 5.69. The Morgan fingerprint density at radius 1 is 1.12 bits per heavy atom. The largest absolute Gasteiger partial charge is 0.491 e. The first-order valence-electron chi connectivity index (χ1n) is 10.4. The van der Waals surface area contributed by atoms with Crippen molar-refractivity contribution in [3.05, 3.63) is 24.3 Å². The van der Waals surface area contributed by atoms with Gasteiger partial charge in [-0.05, 0) is 43.1 Å². The smallest absolute Gasteiger partial charge is 0.119 e. The third-order valence-electron chi connectivity index (χ3n) is 4.96. The van der Waals surface area contributed by atoms with Crippen LogP contribution in [-0.4, -0.2) is 36.2 Å². The molecular weight excluding hydrogens is 342 g/mol. The van der Waals surface area contributed by atoms with Crippen LogP contribution in [0.5, 0.6) is 5.75 Å². The van der Waals surface area contributed by atoms with E-state index in [9.17, 15) is 5.11 Å². The summed E-state index contributed by atoms with van der Waals surface area (Å²) in [5.74, 6) is 1.80. The molecule has 2 N–H and O–H groups in total. The quantitative estimate of drug-likeness (QED) is 0.384. The SMILES string of the molecule is CC(C)Sc1ccc(OCC(O)CNCCCCC2CCCCC2)cc1. The maximum absolute atomic E-state index is 10.1. The van der Waals surface area contributed by atoms with E-state index < -0.39 is 6.10 Å². The summed E-state index contributed by atoms with van der Waals surface area (Å²) >= 11 is 1.84. The van der Waals surface area contributed by atoms with E-state index in [1.54, 1.807) is 0 Å². The van der Waals surface area contributed by atoms with Crippen molar-refractivity contribution in [2.75, 3.05) is 19.7 Å². The van der Waals surface area contributed by atoms with E-state index in [0.29, 0.717) is 18.4 Å². The van der Waals surface area contributed by atoms with Gasteiger partial charge in [0.2, 0.25) is 0 Å². The highest BCUT2D eigenvalue weighted by Gasteiger charge is 2.12. The monoisotopic (exact) mass is 379 g/mol. The van der Waals surface area contributed by atoms with E-state index in [-0.39, 0.29) is 0 Å². The third-order valence-corrected chi connectivity index (χ3v) is 5.97. The molecule has 1 aromatic rings. The van der Waals surface area contributed by atoms with Gasteiger partial charge >= 0.3 is 0 Å². The molecule has 0 radical (unpaired) electrons. The minimum atomic E-state index is -0.460. The van der Waals surface area contributed by atoms with Gasteiger partial charge < -0.3 is 15.2 Å². The summed E-state index contributed by atoms with van der Waals surface area (Å²) in [5.41, 5.74) is 0. The van der Waals surface area contributed by atoms with Gasteiger partial charge in [0.1, 0.15) is 18.5 Å². The highest BCUT2D eigenvalue weighted by atomic mass is 32.2. The number of thioether (sulfide) groups is 1. The first kappa shape index (κ1) is 21.6. The first-order valence-corrected chi connectivity index (χ1v) is 11.3. The normalized spacial score (nSPS) is 16.8. The van der Waals surface area contributed by atoms with Gasteiger partial charge in [-0.1, -0.05) is 58.8 Å². The van der Waals surface area contributed by atoms with Gasteiger partial charge in [0, 0.05) is 16.7 Å². The molecule has 0 aliphatic heterocycles. The second-order valence-electron chi connectivity index (χ2n) is 7.81. The zero-order chi connectivity index (χ0) is 18.6. The van der Waals surface area contributed by atoms with Crippen molar-refractivity contribution in [2.45, 2.75) is 81.5 Å². The number of hydrogen-bond donors (Lipinski definition) is 2. The van der Waals surface area contributed by atoms with E-state index in [4.69, 9.17) is 4.74 Å². The summed E-state index contributed by atoms with van der Waals surface area (Å²) in [6.07, 6.45) is 10.7. The maximum Gasteiger partial charge on any atom is 0.119 e. The van der Waals surface area contributed by atoms with Gasteiger partial charge in [-0.2, -0.15) is 0 Å². The molecule has 0 aromatic heterocycles. The summed E-state index contributed by atoms with van der Waals surface area (Å²) in [4.78, 5) is 1.25. The average Bonchev–Trinajstić information content (AvgIpc) is 2.64. The summed E-state index contributed by atoms with van der Waals surface area (Å²) in [5, 5.41) is 14.0. The van der Waals surface area contributed by atoms with Crippen LogP contribution in [0.3, 0.4) is 0 Å². The van der Waals surface area contributed by atoms with Crippen LogP contribution in [0.25, 0.3) is 0 Å². The third kappa shape index (κ3) is 9.29. The topological polar surface area (TPSA) is 41.5 Å². The van der Waals surface area contributed by atoms with Crippen molar-refractivity contribution in [1.29, 1.82) is 0 Å². The van der Waals surface area contributed by atoms with Gasteiger partial charge in [0.05, 0.1) is 0 Å². The second-order valence-corrected chi connectivity index (χ2v) is 9.46. The lowest BCUT2D eigenvalue weighted by Gasteiger charge is -2.21. The Balaban J connectivity index is 1.48. The average molecular weight is 380 g/mol. The van der Waals surface area contributed by atoms with Crippen LogP contribution >= 0.6 is 11.8 Å². The van der Waals surface area contributed by atoms with Gasteiger partial charge in [-0.25, -0.2) is 0 Å². The minimum absolute atomic E-state index is 0.339. The lowest BCUT2D eigenvalue weighted by Crippen LogP contribution is -2.32. The van der Waals surface area contributed by atoms with E-state index in [0.717, 1.165) is 18.2 Å². The minimum Gasteiger partial charge on any atom is -0.491 e. The van der Waals surface area contributed by atoms with Crippen LogP contribution in [-0.2, 0) is 0 Å². The van der Waals surface area contributed by atoms with Crippen LogP contribution in [0.15, 0.2) is 29.2 Å². The Morgan fingerprint density at radius 3 is 2.54 bits per heavy atom. The number of benzene rings is 1. The Bertz CT molecular complexity index is 472. The molecule has 0 saturated heterocycles. The standard InChI is InChI=1S/C22H37NO2S/c1-18(2)26-22-13-11-21(12-14-22)25-17-20(24)16-23-15-7-6-10-19-8-4-3-5-9-19/h11-14,18-20,23-24H,3-10,15-17H2,1-2H3. The van der Waals surface area contributed by atoms with Crippen molar-refractivity contribution in [3.8, 4) is 5.75 Å². The van der Waals surface area contributed by atoms with E-state index in [1.807, 2.05) is 23.9 Å². The molecule has 4 heteroatoms. The lowest BCUT2D eigenvalue weighted by atomic mass is 9.86. The molecule has 0 spiro atoms. The number of ether oxygens (including phenoxy) is 1. The molecule has 1 unspecified atom stereocenters. The summed E-state index contributed by atoms with van der Waals surface area (Å²) in [7, 11) is 0. The Labute approximate surface area is 164 Å². The van der Waals surface area contributed by atoms with Crippen LogP contribution < -0.4 is 10.1 Å². The lowest BCUT2D eigenvalue weighted by molar-refractivity contribution is 0.106. The number of aliphatic hydroxyl groups is 1. The number of nitrogens with one attached hydrogen (secondary N) is 1. The predicted molar refractivity (Wildman–Crippen MR) is 112 cm³/mol. The molecule has 2 rings (SSSR count). The van der Waals surface area contributed by atoms with Gasteiger partial charge in [0.25, 0.3) is 0 Å². The molecule has 0 amide bonds. The van der Waals surface area contributed by atoms with E-state index >= 15 is 0 Å². The molecule has 0 heterocycles. The van der Waals surface area contributed by atoms with E-state index in [1.165, 1.54) is 56.3 Å². The van der Waals surface area contributed by atoms with E-state index in [2.05, 4.69) is 31.3 Å². The summed E-state index contributed by atoms with van der Waals surface area (Å²) in [6.45, 7) is 6.31. The van der Waals surface area contributed by atoms with Crippen LogP contribution in [0.2, 0.25) is 0 Å². The van der Waals surface area contributed by atoms with Gasteiger partial charge in [-0.15, -0.1) is 11.8 Å². The van der Waals surface area contributed by atoms with Crippen LogP contribution in [0, 0.1) is 5.92 Å². The first-order chi connectivity index (χ1) is 12.6. The number of hydrogen-bond acceptors (Lipinski definition) is 4. The predicted octanol–water partition coefficient (Wildman–Crippen LogP) is 5.27. The van der Waals surface area contributed by atoms with Gasteiger partial charge in [-0.3, -0.25) is 0 Å². The second kappa shape index (κ2) is 12.6. The van der Waals surface area contributed by atoms with Gasteiger partial charge in [0.15, 0.2) is 0 Å². The number of aliphatic hydroxyl groups excluding tert-OH is 1. The maximum atomic E-state index is 10.1. The Kier molecular flexibility index (Phi) is 10.5. The Morgan fingerprint density at radius 2 is 1.85 bits per heavy atom. The molecule has 1 atom stereocenters. The fourth-order valence-corrected chi connectivity index (χ4v) is 4.40. The highest BCUT2D eigenvalue weighted by molar-refractivity contribution is 7.99. The molecule has 1 saturated carbocycles. The molecule has 0 bridgehead atoms. The van der Waals surface area contributed by atoms with Crippen molar-refractivity contribution >= 4 is 11.8 Å². The van der Waals surface area contributed by atoms with Crippen molar-refractivity contribution < 1.29 is 9.84 Å². The zero-order valence-electron chi connectivity index (χ0n) is 16.6. The molecule has 1 aliphatic rings. The fraction of sp³-hybridized carbons (Fsp3) is 0.727. The summed E-state index contributed by atoms with van der Waals surface area (Å²) in [6, 6.07) is 8.13. The molecule has 3 nitrogen and oxygen atoms in total. The molecule has 148 valence electrons. The molecule has 1 fully saturated rings. The Hall–Kier alpha value is -0.710. The zero-order valence-corrected chi connectivity index (χ0v) is 17.4. The van der Waals surface area contributed by atoms with Crippen molar-refractivity contribution in [3.63, 3.8) is 0 Å². The van der Waals surface area contributed by atoms with Crippen LogP contribution in [0.1, 0.15) is 65.2 Å².